The van der Waals surface area contributed by atoms with Crippen LogP contribution in [0.25, 0.3) is 15.7 Å². The van der Waals surface area contributed by atoms with Gasteiger partial charge in [0.15, 0.2) is 5.69 Å². The first-order valence-corrected chi connectivity index (χ1v) is 10.3. The monoisotopic (exact) mass is 418 g/mol. The number of hydrogen-bond donors (Lipinski definition) is 1. The van der Waals surface area contributed by atoms with Crippen LogP contribution in [-0.2, 0) is 6.42 Å². The first kappa shape index (κ1) is 17.3. The van der Waals surface area contributed by atoms with Crippen molar-refractivity contribution in [3.05, 3.63) is 83.2 Å². The number of aromatic nitrogens is 5. The predicted octanol–water partition coefficient (Wildman–Crippen LogP) is 3.59. The van der Waals surface area contributed by atoms with Gasteiger partial charge in [0.05, 0.1) is 27.8 Å². The quantitative estimate of drug-likeness (QED) is 0.475. The van der Waals surface area contributed by atoms with Crippen molar-refractivity contribution in [3.8, 4) is 0 Å². The van der Waals surface area contributed by atoms with Crippen LogP contribution in [0.3, 0.4) is 0 Å². The first-order valence-electron chi connectivity index (χ1n) is 9.50. The Morgan fingerprint density at radius 3 is 3.03 bits per heavy atom. The van der Waals surface area contributed by atoms with E-state index in [1.165, 1.54) is 17.4 Å². The van der Waals surface area contributed by atoms with Gasteiger partial charge < -0.3 is 14.3 Å². The van der Waals surface area contributed by atoms with Crippen molar-refractivity contribution in [2.45, 2.75) is 12.5 Å². The Balaban J connectivity index is 1.50. The third-order valence-corrected chi connectivity index (χ3v) is 6.58. The second kappa shape index (κ2) is 6.46. The zero-order chi connectivity index (χ0) is 20.2. The van der Waals surface area contributed by atoms with Crippen LogP contribution in [0.15, 0.2) is 55.2 Å². The topological polar surface area (TPSA) is 79.2 Å². The van der Waals surface area contributed by atoms with Crippen LogP contribution in [0.4, 0.5) is 4.39 Å². The molecule has 1 aromatic carbocycles. The summed E-state index contributed by atoms with van der Waals surface area (Å²) in [7, 11) is 0. The van der Waals surface area contributed by atoms with Crippen LogP contribution in [0.5, 0.6) is 0 Å². The molecule has 0 saturated carbocycles. The lowest BCUT2D eigenvalue weighted by molar-refractivity contribution is 0.0687. The van der Waals surface area contributed by atoms with Crippen LogP contribution >= 0.6 is 11.3 Å². The van der Waals surface area contributed by atoms with Gasteiger partial charge in [0.1, 0.15) is 23.2 Å². The van der Waals surface area contributed by atoms with Gasteiger partial charge in [0.25, 0.3) is 5.91 Å². The second-order valence-corrected chi connectivity index (χ2v) is 8.17. The molecular weight excluding hydrogens is 403 g/mol. The van der Waals surface area contributed by atoms with E-state index in [0.717, 1.165) is 16.9 Å². The van der Waals surface area contributed by atoms with Crippen molar-refractivity contribution < 1.29 is 9.18 Å². The summed E-state index contributed by atoms with van der Waals surface area (Å²) in [5, 5.41) is 0.639. The summed E-state index contributed by atoms with van der Waals surface area (Å²) in [4.78, 5) is 32.0. The van der Waals surface area contributed by atoms with Crippen LogP contribution in [0.1, 0.15) is 32.9 Å². The minimum Gasteiger partial charge on any atom is -0.348 e. The van der Waals surface area contributed by atoms with E-state index in [0.29, 0.717) is 33.9 Å². The third-order valence-electron chi connectivity index (χ3n) is 5.45. The number of H-pyrrole nitrogens is 1. The molecular formula is C21H15FN6OS. The van der Waals surface area contributed by atoms with Crippen molar-refractivity contribution >= 4 is 33.0 Å². The van der Waals surface area contributed by atoms with Crippen molar-refractivity contribution in [1.82, 2.24) is 29.2 Å². The fourth-order valence-corrected chi connectivity index (χ4v) is 5.13. The summed E-state index contributed by atoms with van der Waals surface area (Å²) >= 11 is 1.26. The summed E-state index contributed by atoms with van der Waals surface area (Å²) in [6.07, 6.45) is 5.78. The van der Waals surface area contributed by atoms with E-state index in [2.05, 4.69) is 19.9 Å². The summed E-state index contributed by atoms with van der Waals surface area (Å²) < 4.78 is 16.6. The van der Waals surface area contributed by atoms with Crippen LogP contribution in [0, 0.1) is 5.82 Å². The minimum atomic E-state index is -0.496. The molecule has 0 unspecified atom stereocenters. The maximum atomic E-state index is 14.3. The lowest BCUT2D eigenvalue weighted by atomic mass is 10.0. The molecule has 1 atom stereocenters. The zero-order valence-electron chi connectivity index (χ0n) is 15.6. The highest BCUT2D eigenvalue weighted by Gasteiger charge is 2.37. The molecule has 0 bridgehead atoms. The number of nitrogens with zero attached hydrogens (tertiary/aromatic N) is 5. The Morgan fingerprint density at radius 1 is 1.20 bits per heavy atom. The van der Waals surface area contributed by atoms with Gasteiger partial charge in [0.2, 0.25) is 0 Å². The number of amides is 1. The molecule has 0 radical (unpaired) electrons. The Hall–Kier alpha value is -3.59. The van der Waals surface area contributed by atoms with Gasteiger partial charge in [0, 0.05) is 24.9 Å². The van der Waals surface area contributed by atoms with Gasteiger partial charge in [-0.3, -0.25) is 4.79 Å². The summed E-state index contributed by atoms with van der Waals surface area (Å²) in [5.74, 6) is -0.505. The van der Waals surface area contributed by atoms with Crippen LogP contribution in [-0.4, -0.2) is 41.7 Å². The van der Waals surface area contributed by atoms with E-state index in [1.807, 2.05) is 28.8 Å². The van der Waals surface area contributed by atoms with E-state index in [4.69, 9.17) is 0 Å². The summed E-state index contributed by atoms with van der Waals surface area (Å²) in [6, 6.07) is 9.98. The normalized spacial score (nSPS) is 16.3. The highest BCUT2D eigenvalue weighted by molar-refractivity contribution is 7.18. The number of pyridine rings is 1. The highest BCUT2D eigenvalue weighted by Crippen LogP contribution is 2.38. The van der Waals surface area contributed by atoms with Gasteiger partial charge in [-0.25, -0.2) is 19.3 Å². The smallest absolute Gasteiger partial charge is 0.275 e. The average Bonchev–Trinajstić information content (AvgIpc) is 3.50. The van der Waals surface area contributed by atoms with Crippen molar-refractivity contribution in [3.63, 3.8) is 0 Å². The number of hydrogen-bond acceptors (Lipinski definition) is 5. The molecule has 148 valence electrons. The molecule has 0 spiro atoms. The van der Waals surface area contributed by atoms with E-state index < -0.39 is 6.04 Å². The number of benzene rings is 1. The van der Waals surface area contributed by atoms with E-state index in [-0.39, 0.29) is 11.7 Å². The number of carbonyl (C=O) groups is 1. The molecule has 9 heteroatoms. The number of fused-ring (bicyclic) bond motifs is 3. The molecule has 0 fully saturated rings. The number of carbonyl (C=O) groups excluding carboxylic acids is 1. The molecule has 5 aromatic rings. The molecule has 0 aliphatic carbocycles. The van der Waals surface area contributed by atoms with Crippen LogP contribution in [0.2, 0.25) is 0 Å². The Kier molecular flexibility index (Phi) is 3.72. The highest BCUT2D eigenvalue weighted by atomic mass is 32.1. The fraction of sp³-hybridized carbons (Fsp3) is 0.143. The molecule has 30 heavy (non-hydrogen) atoms. The predicted molar refractivity (Wildman–Crippen MR) is 110 cm³/mol. The number of aromatic amines is 1. The number of rotatable bonds is 2. The molecule has 4 aromatic heterocycles. The number of imidazole rings is 2. The molecule has 0 saturated heterocycles. The van der Waals surface area contributed by atoms with Gasteiger partial charge >= 0.3 is 0 Å². The van der Waals surface area contributed by atoms with Crippen LogP contribution < -0.4 is 0 Å². The van der Waals surface area contributed by atoms with Crippen molar-refractivity contribution in [2.24, 2.45) is 0 Å². The van der Waals surface area contributed by atoms with Crippen molar-refractivity contribution in [1.29, 1.82) is 0 Å². The molecule has 7 nitrogen and oxygen atoms in total. The van der Waals surface area contributed by atoms with E-state index >= 15 is 0 Å². The van der Waals surface area contributed by atoms with E-state index in [9.17, 15) is 9.18 Å². The molecule has 6 rings (SSSR count). The van der Waals surface area contributed by atoms with Crippen molar-refractivity contribution in [2.75, 3.05) is 6.54 Å². The maximum Gasteiger partial charge on any atom is 0.275 e. The summed E-state index contributed by atoms with van der Waals surface area (Å²) in [5.41, 5.74) is 3.42. The number of thiazole rings is 1. The standard InChI is InChI=1S/C21H15FN6OS/c22-12-4-3-5-14-19(12)30-20(26-14)18-16-13(23-10-24-16)7-9-28(18)21(29)17-15-6-1-2-8-27(15)11-25-17/h1-6,8,10-11,18H,7,9H2,(H,23,24)/t18-/m0/s1. The molecule has 1 N–H and O–H groups in total. The van der Waals surface area contributed by atoms with Gasteiger partial charge in [-0.05, 0) is 24.3 Å². The van der Waals surface area contributed by atoms with Gasteiger partial charge in [-0.1, -0.05) is 12.1 Å². The molecule has 1 aliphatic heterocycles. The molecule has 1 amide bonds. The Labute approximate surface area is 173 Å². The molecule has 5 heterocycles. The lowest BCUT2D eigenvalue weighted by Crippen LogP contribution is -2.41. The minimum absolute atomic E-state index is 0.193. The second-order valence-electron chi connectivity index (χ2n) is 7.14. The third kappa shape index (κ3) is 2.48. The molecule has 1 aliphatic rings. The maximum absolute atomic E-state index is 14.3. The SMILES string of the molecule is O=C(c1ncn2ccccc12)N1CCc2[nH]cnc2[C@H]1c1nc2cccc(F)c2s1. The Morgan fingerprint density at radius 2 is 2.13 bits per heavy atom. The largest absolute Gasteiger partial charge is 0.348 e. The number of halogens is 1. The number of nitrogens with one attached hydrogen (secondary N) is 1. The lowest BCUT2D eigenvalue weighted by Gasteiger charge is -2.33. The average molecular weight is 418 g/mol. The Bertz CT molecular complexity index is 1420. The van der Waals surface area contributed by atoms with Gasteiger partial charge in [-0.15, -0.1) is 11.3 Å². The first-order chi connectivity index (χ1) is 14.7. The van der Waals surface area contributed by atoms with E-state index in [1.54, 1.807) is 29.7 Å². The zero-order valence-corrected chi connectivity index (χ0v) is 16.4. The fourth-order valence-electron chi connectivity index (χ4n) is 4.04. The summed E-state index contributed by atoms with van der Waals surface area (Å²) in [6.45, 7) is 0.489. The van der Waals surface area contributed by atoms with Gasteiger partial charge in [-0.2, -0.15) is 0 Å².